The van der Waals surface area contributed by atoms with Crippen molar-refractivity contribution in [1.82, 2.24) is 9.97 Å². The number of benzene rings is 2. The van der Waals surface area contributed by atoms with E-state index in [9.17, 15) is 9.70 Å². The lowest BCUT2D eigenvalue weighted by molar-refractivity contribution is 0.209. The zero-order valence-corrected chi connectivity index (χ0v) is 11.4. The standard InChI is InChI=1S/C15H12N4O3/c20-15(21)18-14-16-11-7-6-10(8-12(11)17-14)13(19-22)9-4-2-1-3-5-9/h1-8,13H,(H,20,21)(H2,16,17,18). The third-order valence-corrected chi connectivity index (χ3v) is 3.27. The summed E-state index contributed by atoms with van der Waals surface area (Å²) in [6.07, 6.45) is -1.20. The van der Waals surface area contributed by atoms with Crippen molar-refractivity contribution in [3.05, 3.63) is 64.6 Å². The van der Waals surface area contributed by atoms with Crippen molar-refractivity contribution in [3.63, 3.8) is 0 Å². The maximum absolute atomic E-state index is 11.2. The number of nitroso groups, excluding NO2 is 1. The number of nitrogens with zero attached hydrogens (tertiary/aromatic N) is 2. The normalized spacial score (nSPS) is 12.0. The fourth-order valence-electron chi connectivity index (χ4n) is 2.31. The van der Waals surface area contributed by atoms with E-state index < -0.39 is 12.1 Å². The molecule has 0 fully saturated rings. The van der Waals surface area contributed by atoms with E-state index in [1.165, 1.54) is 0 Å². The number of carbonyl (C=O) groups is 1. The number of amides is 1. The molecule has 0 saturated heterocycles. The van der Waals surface area contributed by atoms with Crippen LogP contribution < -0.4 is 5.32 Å². The molecule has 0 radical (unpaired) electrons. The second-order valence-electron chi connectivity index (χ2n) is 4.71. The molecule has 0 saturated carbocycles. The van der Waals surface area contributed by atoms with Crippen LogP contribution in [0, 0.1) is 4.91 Å². The third kappa shape index (κ3) is 2.64. The topological polar surface area (TPSA) is 107 Å². The summed E-state index contributed by atoms with van der Waals surface area (Å²) in [5.74, 6) is 0.134. The molecule has 1 aromatic heterocycles. The third-order valence-electron chi connectivity index (χ3n) is 3.27. The first-order valence-electron chi connectivity index (χ1n) is 6.54. The summed E-state index contributed by atoms with van der Waals surface area (Å²) >= 11 is 0. The number of hydrogen-bond donors (Lipinski definition) is 3. The summed E-state index contributed by atoms with van der Waals surface area (Å²) in [6.45, 7) is 0. The van der Waals surface area contributed by atoms with Gasteiger partial charge in [-0.05, 0) is 23.3 Å². The average Bonchev–Trinajstić information content (AvgIpc) is 2.89. The Labute approximate surface area is 125 Å². The van der Waals surface area contributed by atoms with Crippen LogP contribution in [0.3, 0.4) is 0 Å². The summed E-state index contributed by atoms with van der Waals surface area (Å²) in [4.78, 5) is 28.8. The molecule has 1 amide bonds. The number of imidazole rings is 1. The Morgan fingerprint density at radius 2 is 1.95 bits per heavy atom. The van der Waals surface area contributed by atoms with Crippen LogP contribution in [0.25, 0.3) is 11.0 Å². The van der Waals surface area contributed by atoms with Crippen molar-refractivity contribution < 1.29 is 9.90 Å². The fraction of sp³-hybridized carbons (Fsp3) is 0.0667. The molecule has 1 heterocycles. The lowest BCUT2D eigenvalue weighted by Crippen LogP contribution is -2.08. The van der Waals surface area contributed by atoms with E-state index in [4.69, 9.17) is 5.11 Å². The molecule has 2 aromatic carbocycles. The molecule has 1 unspecified atom stereocenters. The van der Waals surface area contributed by atoms with Crippen molar-refractivity contribution in [2.24, 2.45) is 5.18 Å². The number of nitrogens with one attached hydrogen (secondary N) is 2. The van der Waals surface area contributed by atoms with Crippen LogP contribution in [0.5, 0.6) is 0 Å². The van der Waals surface area contributed by atoms with E-state index in [0.29, 0.717) is 16.6 Å². The second-order valence-corrected chi connectivity index (χ2v) is 4.71. The number of fused-ring (bicyclic) bond motifs is 1. The lowest BCUT2D eigenvalue weighted by atomic mass is 9.99. The number of anilines is 1. The van der Waals surface area contributed by atoms with Crippen molar-refractivity contribution in [2.75, 3.05) is 5.32 Å². The van der Waals surface area contributed by atoms with Crippen LogP contribution >= 0.6 is 0 Å². The van der Waals surface area contributed by atoms with Crippen LogP contribution in [0.15, 0.2) is 53.7 Å². The van der Waals surface area contributed by atoms with Gasteiger partial charge in [0.25, 0.3) is 0 Å². The van der Waals surface area contributed by atoms with E-state index in [1.807, 2.05) is 30.3 Å². The van der Waals surface area contributed by atoms with Gasteiger partial charge in [0.2, 0.25) is 5.95 Å². The molecule has 1 atom stereocenters. The second kappa shape index (κ2) is 5.65. The maximum atomic E-state index is 11.2. The van der Waals surface area contributed by atoms with Crippen molar-refractivity contribution in [3.8, 4) is 0 Å². The molecule has 0 aliphatic rings. The van der Waals surface area contributed by atoms with Crippen LogP contribution in [0.4, 0.5) is 10.7 Å². The number of carboxylic acid groups (broad SMARTS) is 1. The van der Waals surface area contributed by atoms with Crippen LogP contribution in [-0.4, -0.2) is 21.2 Å². The van der Waals surface area contributed by atoms with Crippen LogP contribution in [-0.2, 0) is 0 Å². The van der Waals surface area contributed by atoms with Crippen LogP contribution in [0.1, 0.15) is 17.2 Å². The average molecular weight is 296 g/mol. The van der Waals surface area contributed by atoms with Crippen LogP contribution in [0.2, 0.25) is 0 Å². The van der Waals surface area contributed by atoms with Crippen molar-refractivity contribution >= 4 is 23.1 Å². The SMILES string of the molecule is O=NC(c1ccccc1)c1ccc2nc(NC(=O)O)[nH]c2c1. The summed E-state index contributed by atoms with van der Waals surface area (Å²) in [7, 11) is 0. The summed E-state index contributed by atoms with van der Waals surface area (Å²) < 4.78 is 0. The molecule has 0 aliphatic carbocycles. The molecule has 0 aliphatic heterocycles. The van der Waals surface area contributed by atoms with E-state index in [0.717, 1.165) is 5.56 Å². The Hall–Kier alpha value is -3.22. The minimum Gasteiger partial charge on any atom is -0.465 e. The van der Waals surface area contributed by atoms with Gasteiger partial charge in [-0.1, -0.05) is 41.6 Å². The van der Waals surface area contributed by atoms with Crippen molar-refractivity contribution in [2.45, 2.75) is 6.04 Å². The quantitative estimate of drug-likeness (QED) is 0.640. The molecular formula is C15H12N4O3. The highest BCUT2D eigenvalue weighted by molar-refractivity contribution is 5.85. The number of rotatable bonds is 4. The minimum absolute atomic E-state index is 0.134. The predicted molar refractivity (Wildman–Crippen MR) is 81.8 cm³/mol. The van der Waals surface area contributed by atoms with E-state index in [1.54, 1.807) is 18.2 Å². The first-order chi connectivity index (χ1) is 10.7. The molecular weight excluding hydrogens is 284 g/mol. The first kappa shape index (κ1) is 13.7. The van der Waals surface area contributed by atoms with E-state index in [2.05, 4.69) is 20.5 Å². The van der Waals surface area contributed by atoms with E-state index in [-0.39, 0.29) is 5.95 Å². The molecule has 0 spiro atoms. The lowest BCUT2D eigenvalue weighted by Gasteiger charge is -2.09. The Kier molecular flexibility index (Phi) is 3.53. The number of H-pyrrole nitrogens is 1. The number of hydrogen-bond acceptors (Lipinski definition) is 4. The van der Waals surface area contributed by atoms with Gasteiger partial charge in [-0.25, -0.2) is 9.78 Å². The van der Waals surface area contributed by atoms with Gasteiger partial charge in [0.1, 0.15) is 6.04 Å². The Balaban J connectivity index is 2.00. The Bertz CT molecular complexity index is 829. The molecule has 0 bridgehead atoms. The highest BCUT2D eigenvalue weighted by Crippen LogP contribution is 2.28. The molecule has 3 aromatic rings. The largest absolute Gasteiger partial charge is 0.465 e. The smallest absolute Gasteiger partial charge is 0.411 e. The molecule has 7 heteroatoms. The van der Waals surface area contributed by atoms with Gasteiger partial charge >= 0.3 is 6.09 Å². The van der Waals surface area contributed by atoms with Gasteiger partial charge in [0.05, 0.1) is 11.0 Å². The summed E-state index contributed by atoms with van der Waals surface area (Å²) in [6, 6.07) is 13.8. The van der Waals surface area contributed by atoms with Crippen molar-refractivity contribution in [1.29, 1.82) is 0 Å². The summed E-state index contributed by atoms with van der Waals surface area (Å²) in [5.41, 5.74) is 2.73. The first-order valence-corrected chi connectivity index (χ1v) is 6.54. The Morgan fingerprint density at radius 3 is 2.64 bits per heavy atom. The Morgan fingerprint density at radius 1 is 1.18 bits per heavy atom. The zero-order valence-electron chi connectivity index (χ0n) is 11.4. The molecule has 110 valence electrons. The van der Waals surface area contributed by atoms with E-state index >= 15 is 0 Å². The number of aromatic nitrogens is 2. The maximum Gasteiger partial charge on any atom is 0.411 e. The predicted octanol–water partition coefficient (Wildman–Crippen LogP) is 3.51. The van der Waals surface area contributed by atoms with Gasteiger partial charge in [0.15, 0.2) is 0 Å². The van der Waals surface area contributed by atoms with Gasteiger partial charge in [-0.3, -0.25) is 5.32 Å². The molecule has 3 rings (SSSR count). The van der Waals surface area contributed by atoms with Gasteiger partial charge in [0, 0.05) is 0 Å². The minimum atomic E-state index is -1.20. The van der Waals surface area contributed by atoms with Gasteiger partial charge < -0.3 is 10.1 Å². The highest BCUT2D eigenvalue weighted by Gasteiger charge is 2.16. The summed E-state index contributed by atoms with van der Waals surface area (Å²) in [5, 5.41) is 14.0. The fourth-order valence-corrected chi connectivity index (χ4v) is 2.31. The molecule has 7 nitrogen and oxygen atoms in total. The number of aromatic amines is 1. The molecule has 22 heavy (non-hydrogen) atoms. The molecule has 3 N–H and O–H groups in total. The monoisotopic (exact) mass is 296 g/mol. The van der Waals surface area contributed by atoms with Gasteiger partial charge in [-0.15, -0.1) is 4.91 Å². The van der Waals surface area contributed by atoms with Gasteiger partial charge in [-0.2, -0.15) is 0 Å². The zero-order chi connectivity index (χ0) is 15.5. The highest BCUT2D eigenvalue weighted by atomic mass is 16.4.